The van der Waals surface area contributed by atoms with Crippen LogP contribution >= 0.6 is 24.2 Å². The number of nitrogens with two attached hydrogens (primary N) is 1. The standard InChI is InChI=1S/C12H24N2OS.ClH/c1-4-10-8-14(5-6-16-10)12(15)11(13)7-9(2)3;/h9-11H,4-8,13H2,1-3H3;1H/t10?,11-;/m0./s1. The van der Waals surface area contributed by atoms with Crippen molar-refractivity contribution in [2.24, 2.45) is 11.7 Å². The third kappa shape index (κ3) is 5.49. The number of hydrogen-bond donors (Lipinski definition) is 1. The maximum atomic E-state index is 12.1. The maximum absolute atomic E-state index is 12.1. The van der Waals surface area contributed by atoms with Crippen molar-refractivity contribution >= 4 is 30.1 Å². The van der Waals surface area contributed by atoms with E-state index in [0.717, 1.165) is 31.7 Å². The van der Waals surface area contributed by atoms with Crippen LogP contribution in [0, 0.1) is 5.92 Å². The molecule has 1 saturated heterocycles. The van der Waals surface area contributed by atoms with Crippen LogP contribution in [0.15, 0.2) is 0 Å². The highest BCUT2D eigenvalue weighted by atomic mass is 35.5. The molecule has 1 unspecified atom stereocenters. The zero-order valence-electron chi connectivity index (χ0n) is 11.0. The van der Waals surface area contributed by atoms with Crippen molar-refractivity contribution < 1.29 is 4.79 Å². The lowest BCUT2D eigenvalue weighted by molar-refractivity contribution is -0.132. The van der Waals surface area contributed by atoms with Gasteiger partial charge in [0.15, 0.2) is 0 Å². The van der Waals surface area contributed by atoms with Crippen molar-refractivity contribution in [3.63, 3.8) is 0 Å². The van der Waals surface area contributed by atoms with Crippen molar-refractivity contribution in [3.8, 4) is 0 Å². The SMILES string of the molecule is CCC1CN(C(=O)[C@@H](N)CC(C)C)CCS1.Cl. The number of nitrogens with zero attached hydrogens (tertiary/aromatic N) is 1. The van der Waals surface area contributed by atoms with E-state index in [1.54, 1.807) is 0 Å². The largest absolute Gasteiger partial charge is 0.339 e. The van der Waals surface area contributed by atoms with Gasteiger partial charge in [0.1, 0.15) is 0 Å². The number of amides is 1. The summed E-state index contributed by atoms with van der Waals surface area (Å²) >= 11 is 1.98. The fraction of sp³-hybridized carbons (Fsp3) is 0.917. The van der Waals surface area contributed by atoms with Crippen LogP contribution in [0.5, 0.6) is 0 Å². The average molecular weight is 281 g/mol. The van der Waals surface area contributed by atoms with Crippen molar-refractivity contribution in [1.29, 1.82) is 0 Å². The lowest BCUT2D eigenvalue weighted by Crippen LogP contribution is -2.49. The zero-order valence-corrected chi connectivity index (χ0v) is 12.6. The predicted molar refractivity (Wildman–Crippen MR) is 77.8 cm³/mol. The normalized spacial score (nSPS) is 22.2. The van der Waals surface area contributed by atoms with Crippen molar-refractivity contribution in [3.05, 3.63) is 0 Å². The lowest BCUT2D eigenvalue weighted by Gasteiger charge is -2.33. The Morgan fingerprint density at radius 2 is 2.18 bits per heavy atom. The second-order valence-corrected chi connectivity index (χ2v) is 6.33. The van der Waals surface area contributed by atoms with Gasteiger partial charge in [-0.15, -0.1) is 12.4 Å². The van der Waals surface area contributed by atoms with Crippen molar-refractivity contribution in [2.45, 2.75) is 44.9 Å². The Morgan fingerprint density at radius 3 is 2.71 bits per heavy atom. The number of carbonyl (C=O) groups is 1. The first-order valence-corrected chi connectivity index (χ1v) is 7.25. The number of halogens is 1. The monoisotopic (exact) mass is 280 g/mol. The first-order chi connectivity index (χ1) is 7.54. The molecule has 1 amide bonds. The van der Waals surface area contributed by atoms with E-state index in [-0.39, 0.29) is 24.4 Å². The quantitative estimate of drug-likeness (QED) is 0.858. The summed E-state index contributed by atoms with van der Waals surface area (Å²) in [5.74, 6) is 1.69. The molecular formula is C12H25ClN2OS. The van der Waals surface area contributed by atoms with E-state index in [1.165, 1.54) is 0 Å². The molecule has 0 spiro atoms. The minimum Gasteiger partial charge on any atom is -0.339 e. The Labute approximate surface area is 115 Å². The Morgan fingerprint density at radius 1 is 1.53 bits per heavy atom. The van der Waals surface area contributed by atoms with E-state index >= 15 is 0 Å². The van der Waals surface area contributed by atoms with Crippen LogP contribution in [0.4, 0.5) is 0 Å². The van der Waals surface area contributed by atoms with Crippen LogP contribution in [0.25, 0.3) is 0 Å². The molecule has 0 saturated carbocycles. The van der Waals surface area contributed by atoms with Crippen LogP contribution in [-0.2, 0) is 4.79 Å². The molecule has 0 aromatic rings. The number of carbonyl (C=O) groups excluding carboxylic acids is 1. The molecule has 2 atom stereocenters. The van der Waals surface area contributed by atoms with E-state index in [0.29, 0.717) is 11.2 Å². The van der Waals surface area contributed by atoms with Crippen molar-refractivity contribution in [2.75, 3.05) is 18.8 Å². The summed E-state index contributed by atoms with van der Waals surface area (Å²) in [5.41, 5.74) is 5.94. The summed E-state index contributed by atoms with van der Waals surface area (Å²) in [5, 5.41) is 0.601. The fourth-order valence-electron chi connectivity index (χ4n) is 2.01. The van der Waals surface area contributed by atoms with Gasteiger partial charge in [-0.05, 0) is 18.8 Å². The second-order valence-electron chi connectivity index (χ2n) is 4.92. The highest BCUT2D eigenvalue weighted by molar-refractivity contribution is 8.00. The van der Waals surface area contributed by atoms with Gasteiger partial charge in [0.2, 0.25) is 5.91 Å². The van der Waals surface area contributed by atoms with Gasteiger partial charge in [0.05, 0.1) is 6.04 Å². The number of thioether (sulfide) groups is 1. The summed E-state index contributed by atoms with van der Waals surface area (Å²) < 4.78 is 0. The molecule has 1 aliphatic rings. The topological polar surface area (TPSA) is 46.3 Å². The van der Waals surface area contributed by atoms with Gasteiger partial charge in [0.25, 0.3) is 0 Å². The molecule has 17 heavy (non-hydrogen) atoms. The molecule has 5 heteroatoms. The highest BCUT2D eigenvalue weighted by Gasteiger charge is 2.26. The minimum atomic E-state index is -0.305. The summed E-state index contributed by atoms with van der Waals surface area (Å²) in [6, 6.07) is -0.305. The summed E-state index contributed by atoms with van der Waals surface area (Å²) in [4.78, 5) is 14.0. The van der Waals surface area contributed by atoms with Crippen LogP contribution in [0.3, 0.4) is 0 Å². The van der Waals surface area contributed by atoms with Gasteiger partial charge >= 0.3 is 0 Å². The van der Waals surface area contributed by atoms with Crippen LogP contribution in [0.1, 0.15) is 33.6 Å². The van der Waals surface area contributed by atoms with Crippen molar-refractivity contribution in [1.82, 2.24) is 4.90 Å². The molecule has 0 aromatic heterocycles. The van der Waals surface area contributed by atoms with Crippen LogP contribution < -0.4 is 5.73 Å². The highest BCUT2D eigenvalue weighted by Crippen LogP contribution is 2.21. The third-order valence-electron chi connectivity index (χ3n) is 2.95. The van der Waals surface area contributed by atoms with Crippen LogP contribution in [0.2, 0.25) is 0 Å². The Kier molecular flexibility index (Phi) is 8.25. The molecule has 0 aromatic carbocycles. The van der Waals surface area contributed by atoms with Gasteiger partial charge in [-0.25, -0.2) is 0 Å². The van der Waals surface area contributed by atoms with Crippen LogP contribution in [-0.4, -0.2) is 40.9 Å². The molecular weight excluding hydrogens is 256 g/mol. The van der Waals surface area contributed by atoms with E-state index in [4.69, 9.17) is 5.73 Å². The molecule has 1 heterocycles. The Bertz CT molecular complexity index is 239. The summed E-state index contributed by atoms with van der Waals surface area (Å²) in [6.45, 7) is 8.14. The summed E-state index contributed by atoms with van der Waals surface area (Å²) in [7, 11) is 0. The predicted octanol–water partition coefficient (Wildman–Crippen LogP) is 2.14. The molecule has 2 N–H and O–H groups in total. The first-order valence-electron chi connectivity index (χ1n) is 6.20. The van der Waals surface area contributed by atoms with Gasteiger partial charge in [-0.1, -0.05) is 20.8 Å². The molecule has 0 radical (unpaired) electrons. The van der Waals surface area contributed by atoms with E-state index in [9.17, 15) is 4.79 Å². The molecule has 1 fully saturated rings. The molecule has 3 nitrogen and oxygen atoms in total. The average Bonchev–Trinajstić information content (AvgIpc) is 2.27. The summed E-state index contributed by atoms with van der Waals surface area (Å²) in [6.07, 6.45) is 1.92. The molecule has 102 valence electrons. The lowest BCUT2D eigenvalue weighted by atomic mass is 10.0. The van der Waals surface area contributed by atoms with E-state index in [2.05, 4.69) is 20.8 Å². The third-order valence-corrected chi connectivity index (χ3v) is 4.32. The van der Waals surface area contributed by atoms with Gasteiger partial charge in [-0.2, -0.15) is 11.8 Å². The Hall–Kier alpha value is 0.0700. The molecule has 0 bridgehead atoms. The second kappa shape index (κ2) is 8.22. The number of hydrogen-bond acceptors (Lipinski definition) is 3. The number of rotatable bonds is 4. The van der Waals surface area contributed by atoms with Gasteiger partial charge < -0.3 is 10.6 Å². The molecule has 1 aliphatic heterocycles. The first kappa shape index (κ1) is 17.1. The molecule has 0 aliphatic carbocycles. The van der Waals surface area contributed by atoms with Gasteiger partial charge in [0, 0.05) is 24.1 Å². The smallest absolute Gasteiger partial charge is 0.239 e. The Balaban J connectivity index is 0.00000256. The van der Waals surface area contributed by atoms with E-state index < -0.39 is 0 Å². The molecule has 1 rings (SSSR count). The zero-order chi connectivity index (χ0) is 12.1. The van der Waals surface area contributed by atoms with Gasteiger partial charge in [-0.3, -0.25) is 4.79 Å². The maximum Gasteiger partial charge on any atom is 0.239 e. The fourth-order valence-corrected chi connectivity index (χ4v) is 3.19. The minimum absolute atomic E-state index is 0. The van der Waals surface area contributed by atoms with E-state index in [1.807, 2.05) is 16.7 Å².